The van der Waals surface area contributed by atoms with Crippen molar-refractivity contribution in [2.24, 2.45) is 5.92 Å². The van der Waals surface area contributed by atoms with Crippen LogP contribution in [0.5, 0.6) is 0 Å². The molecule has 1 aliphatic heterocycles. The van der Waals surface area contributed by atoms with Gasteiger partial charge in [0.15, 0.2) is 0 Å². The number of hydrogen-bond donors (Lipinski definition) is 1. The van der Waals surface area contributed by atoms with Gasteiger partial charge in [0, 0.05) is 12.7 Å². The summed E-state index contributed by atoms with van der Waals surface area (Å²) in [7, 11) is 2.59. The first kappa shape index (κ1) is 10.6. The lowest BCUT2D eigenvalue weighted by atomic mass is 9.94. The Kier molecular flexibility index (Phi) is 3.50. The molecule has 0 aromatic rings. The molecule has 1 heterocycles. The SMILES string of the molecule is COC(=O)C1=CNCCC1C(=O)OC. The first-order chi connectivity index (χ1) is 6.70. The molecule has 1 rings (SSSR count). The Morgan fingerprint density at radius 2 is 2.14 bits per heavy atom. The fourth-order valence-corrected chi connectivity index (χ4v) is 1.37. The van der Waals surface area contributed by atoms with Gasteiger partial charge in [0.05, 0.1) is 25.7 Å². The number of hydrogen-bond acceptors (Lipinski definition) is 5. The van der Waals surface area contributed by atoms with Crippen LogP contribution in [0, 0.1) is 5.92 Å². The highest BCUT2D eigenvalue weighted by atomic mass is 16.5. The highest BCUT2D eigenvalue weighted by Crippen LogP contribution is 2.20. The van der Waals surface area contributed by atoms with Crippen molar-refractivity contribution >= 4 is 11.9 Å². The number of rotatable bonds is 2. The van der Waals surface area contributed by atoms with Crippen LogP contribution in [-0.2, 0) is 19.1 Å². The van der Waals surface area contributed by atoms with Crippen LogP contribution in [0.3, 0.4) is 0 Å². The fraction of sp³-hybridized carbons (Fsp3) is 0.556. The van der Waals surface area contributed by atoms with Crippen LogP contribution in [0.25, 0.3) is 0 Å². The Morgan fingerprint density at radius 1 is 1.43 bits per heavy atom. The molecule has 78 valence electrons. The zero-order chi connectivity index (χ0) is 10.6. The van der Waals surface area contributed by atoms with Gasteiger partial charge in [-0.05, 0) is 6.42 Å². The van der Waals surface area contributed by atoms with Crippen LogP contribution >= 0.6 is 0 Å². The van der Waals surface area contributed by atoms with Crippen LogP contribution in [0.15, 0.2) is 11.8 Å². The molecule has 5 nitrogen and oxygen atoms in total. The van der Waals surface area contributed by atoms with Crippen molar-refractivity contribution < 1.29 is 19.1 Å². The zero-order valence-electron chi connectivity index (χ0n) is 8.20. The smallest absolute Gasteiger partial charge is 0.336 e. The molecule has 1 aliphatic rings. The van der Waals surface area contributed by atoms with Gasteiger partial charge < -0.3 is 14.8 Å². The van der Waals surface area contributed by atoms with Gasteiger partial charge in [-0.1, -0.05) is 0 Å². The lowest BCUT2D eigenvalue weighted by Crippen LogP contribution is -2.32. The average Bonchev–Trinajstić information content (AvgIpc) is 2.27. The van der Waals surface area contributed by atoms with Gasteiger partial charge >= 0.3 is 11.9 Å². The third kappa shape index (κ3) is 2.04. The number of nitrogens with one attached hydrogen (secondary N) is 1. The topological polar surface area (TPSA) is 64.6 Å². The highest BCUT2D eigenvalue weighted by Gasteiger charge is 2.30. The van der Waals surface area contributed by atoms with E-state index in [-0.39, 0.29) is 0 Å². The van der Waals surface area contributed by atoms with E-state index in [1.807, 2.05) is 0 Å². The Bertz CT molecular complexity index is 272. The van der Waals surface area contributed by atoms with Gasteiger partial charge in [0.25, 0.3) is 0 Å². The Hall–Kier alpha value is -1.52. The second kappa shape index (κ2) is 4.64. The van der Waals surface area contributed by atoms with Crippen molar-refractivity contribution in [2.75, 3.05) is 20.8 Å². The third-order valence-electron chi connectivity index (χ3n) is 2.12. The number of methoxy groups -OCH3 is 2. The van der Waals surface area contributed by atoms with Crippen molar-refractivity contribution in [3.8, 4) is 0 Å². The third-order valence-corrected chi connectivity index (χ3v) is 2.12. The molecule has 0 aromatic heterocycles. The van der Waals surface area contributed by atoms with Crippen molar-refractivity contribution in [1.82, 2.24) is 5.32 Å². The number of carbonyl (C=O) groups is 2. The molecule has 1 N–H and O–H groups in total. The molecule has 0 bridgehead atoms. The molecule has 5 heteroatoms. The monoisotopic (exact) mass is 199 g/mol. The predicted molar refractivity (Wildman–Crippen MR) is 48.2 cm³/mol. The Balaban J connectivity index is 2.82. The molecule has 1 atom stereocenters. The van der Waals surface area contributed by atoms with E-state index in [1.54, 1.807) is 0 Å². The van der Waals surface area contributed by atoms with Crippen molar-refractivity contribution in [3.05, 3.63) is 11.8 Å². The zero-order valence-corrected chi connectivity index (χ0v) is 8.20. The average molecular weight is 199 g/mol. The normalized spacial score (nSPS) is 20.4. The van der Waals surface area contributed by atoms with Crippen LogP contribution in [0.1, 0.15) is 6.42 Å². The van der Waals surface area contributed by atoms with E-state index in [0.717, 1.165) is 0 Å². The Labute approximate surface area is 82.1 Å². The van der Waals surface area contributed by atoms with E-state index in [4.69, 9.17) is 0 Å². The van der Waals surface area contributed by atoms with Crippen LogP contribution in [-0.4, -0.2) is 32.7 Å². The summed E-state index contributed by atoms with van der Waals surface area (Å²) in [6, 6.07) is 0. The van der Waals surface area contributed by atoms with Crippen LogP contribution in [0.2, 0.25) is 0 Å². The summed E-state index contributed by atoms with van der Waals surface area (Å²) < 4.78 is 9.16. The summed E-state index contributed by atoms with van der Waals surface area (Å²) in [6.07, 6.45) is 2.06. The van der Waals surface area contributed by atoms with Crippen LogP contribution in [0.4, 0.5) is 0 Å². The molecule has 0 aromatic carbocycles. The molecule has 0 amide bonds. The van der Waals surface area contributed by atoms with E-state index in [9.17, 15) is 9.59 Å². The highest BCUT2D eigenvalue weighted by molar-refractivity contribution is 5.95. The maximum atomic E-state index is 11.3. The van der Waals surface area contributed by atoms with Crippen molar-refractivity contribution in [1.29, 1.82) is 0 Å². The second-order valence-corrected chi connectivity index (χ2v) is 2.91. The molecule has 14 heavy (non-hydrogen) atoms. The molecular weight excluding hydrogens is 186 g/mol. The van der Waals surface area contributed by atoms with E-state index >= 15 is 0 Å². The van der Waals surface area contributed by atoms with E-state index in [2.05, 4.69) is 14.8 Å². The quantitative estimate of drug-likeness (QED) is 0.625. The minimum absolute atomic E-state index is 0.325. The van der Waals surface area contributed by atoms with Gasteiger partial charge in [-0.15, -0.1) is 0 Å². The molecule has 0 spiro atoms. The molecule has 1 unspecified atom stereocenters. The molecule has 0 saturated heterocycles. The first-order valence-corrected chi connectivity index (χ1v) is 4.30. The number of esters is 2. The number of ether oxygens (including phenoxy) is 2. The van der Waals surface area contributed by atoms with Gasteiger partial charge in [0.2, 0.25) is 0 Å². The minimum Gasteiger partial charge on any atom is -0.469 e. The summed E-state index contributed by atoms with van der Waals surface area (Å²) in [5.41, 5.74) is 0.325. The predicted octanol–water partition coefficient (Wildman–Crippen LogP) is -0.174. The van der Waals surface area contributed by atoms with E-state index in [1.165, 1.54) is 20.4 Å². The molecule has 0 aliphatic carbocycles. The summed E-state index contributed by atoms with van der Waals surface area (Å²) in [5, 5.41) is 2.89. The van der Waals surface area contributed by atoms with Gasteiger partial charge in [-0.3, -0.25) is 4.79 Å². The molecule has 0 radical (unpaired) electrons. The second-order valence-electron chi connectivity index (χ2n) is 2.91. The Morgan fingerprint density at radius 3 is 2.71 bits per heavy atom. The van der Waals surface area contributed by atoms with E-state index < -0.39 is 17.9 Å². The van der Waals surface area contributed by atoms with Crippen LogP contribution < -0.4 is 5.32 Å². The van der Waals surface area contributed by atoms with Gasteiger partial charge in [-0.2, -0.15) is 0 Å². The van der Waals surface area contributed by atoms with Gasteiger partial charge in [0.1, 0.15) is 0 Å². The minimum atomic E-state index is -0.506. The lowest BCUT2D eigenvalue weighted by Gasteiger charge is -2.20. The van der Waals surface area contributed by atoms with Gasteiger partial charge in [-0.25, -0.2) is 4.79 Å². The van der Waals surface area contributed by atoms with E-state index in [0.29, 0.717) is 18.5 Å². The van der Waals surface area contributed by atoms with Crippen molar-refractivity contribution in [3.63, 3.8) is 0 Å². The standard InChI is InChI=1S/C9H13NO4/c1-13-8(11)6-3-4-10-5-7(6)9(12)14-2/h5-6,10H,3-4H2,1-2H3. The fourth-order valence-electron chi connectivity index (χ4n) is 1.37. The first-order valence-electron chi connectivity index (χ1n) is 4.30. The molecule has 0 saturated carbocycles. The largest absolute Gasteiger partial charge is 0.469 e. The molecule has 0 fully saturated rings. The summed E-state index contributed by atoms with van der Waals surface area (Å²) in [5.74, 6) is -1.40. The lowest BCUT2D eigenvalue weighted by molar-refractivity contribution is -0.147. The maximum Gasteiger partial charge on any atom is 0.336 e. The summed E-state index contributed by atoms with van der Waals surface area (Å²) in [4.78, 5) is 22.6. The number of carbonyl (C=O) groups excluding carboxylic acids is 2. The van der Waals surface area contributed by atoms with Crippen molar-refractivity contribution in [2.45, 2.75) is 6.42 Å². The molecular formula is C9H13NO4. The summed E-state index contributed by atoms with van der Waals surface area (Å²) >= 11 is 0. The maximum absolute atomic E-state index is 11.3. The summed E-state index contributed by atoms with van der Waals surface area (Å²) in [6.45, 7) is 0.653.